The van der Waals surface area contributed by atoms with Crippen LogP contribution in [0.2, 0.25) is 0 Å². The van der Waals surface area contributed by atoms with Crippen molar-refractivity contribution in [1.29, 1.82) is 0 Å². The molecule has 0 aliphatic heterocycles. The van der Waals surface area contributed by atoms with E-state index in [1.165, 1.54) is 24.0 Å². The molecule has 0 amide bonds. The van der Waals surface area contributed by atoms with Gasteiger partial charge in [0, 0.05) is 17.6 Å². The van der Waals surface area contributed by atoms with Gasteiger partial charge in [0.2, 0.25) is 0 Å². The van der Waals surface area contributed by atoms with E-state index >= 15 is 0 Å². The molecule has 0 saturated carbocycles. The Bertz CT molecular complexity index is 386. The topological polar surface area (TPSA) is 12.0 Å². The SMILES string of the molecule is C=C(Cl)CNC1CCC(C)c2ccccc21. The van der Waals surface area contributed by atoms with E-state index in [0.29, 0.717) is 23.5 Å². The van der Waals surface area contributed by atoms with Crippen molar-refractivity contribution < 1.29 is 0 Å². The van der Waals surface area contributed by atoms with Crippen molar-refractivity contribution in [2.75, 3.05) is 6.54 Å². The summed E-state index contributed by atoms with van der Waals surface area (Å²) in [6.07, 6.45) is 2.42. The van der Waals surface area contributed by atoms with Crippen LogP contribution >= 0.6 is 11.6 Å². The summed E-state index contributed by atoms with van der Waals surface area (Å²) >= 11 is 5.80. The normalized spacial score (nSPS) is 23.9. The van der Waals surface area contributed by atoms with Gasteiger partial charge in [-0.25, -0.2) is 0 Å². The van der Waals surface area contributed by atoms with E-state index in [9.17, 15) is 0 Å². The first kappa shape index (κ1) is 11.7. The van der Waals surface area contributed by atoms with Gasteiger partial charge in [0.1, 0.15) is 0 Å². The minimum absolute atomic E-state index is 0.433. The lowest BCUT2D eigenvalue weighted by Crippen LogP contribution is -2.27. The average molecular weight is 236 g/mol. The highest BCUT2D eigenvalue weighted by atomic mass is 35.5. The maximum atomic E-state index is 5.80. The van der Waals surface area contributed by atoms with E-state index in [-0.39, 0.29) is 0 Å². The summed E-state index contributed by atoms with van der Waals surface area (Å²) < 4.78 is 0. The molecule has 2 heteroatoms. The van der Waals surface area contributed by atoms with E-state index in [1.54, 1.807) is 0 Å². The molecule has 1 aromatic carbocycles. The number of halogens is 1. The zero-order valence-corrected chi connectivity index (χ0v) is 10.4. The van der Waals surface area contributed by atoms with Crippen LogP contribution in [-0.2, 0) is 0 Å². The van der Waals surface area contributed by atoms with E-state index in [4.69, 9.17) is 11.6 Å². The maximum absolute atomic E-state index is 5.80. The summed E-state index contributed by atoms with van der Waals surface area (Å²) in [6.45, 7) is 6.70. The molecule has 1 nitrogen and oxygen atoms in total. The Hall–Kier alpha value is -0.790. The number of hydrogen-bond acceptors (Lipinski definition) is 1. The van der Waals surface area contributed by atoms with Gasteiger partial charge in [0.25, 0.3) is 0 Å². The van der Waals surface area contributed by atoms with Gasteiger partial charge in [-0.15, -0.1) is 0 Å². The molecule has 2 atom stereocenters. The molecule has 0 bridgehead atoms. The first-order valence-electron chi connectivity index (χ1n) is 5.84. The Morgan fingerprint density at radius 1 is 1.38 bits per heavy atom. The fourth-order valence-electron chi connectivity index (χ4n) is 2.45. The van der Waals surface area contributed by atoms with E-state index < -0.39 is 0 Å². The van der Waals surface area contributed by atoms with Gasteiger partial charge in [-0.3, -0.25) is 0 Å². The molecule has 0 spiro atoms. The van der Waals surface area contributed by atoms with Crippen molar-refractivity contribution in [3.63, 3.8) is 0 Å². The fraction of sp³-hybridized carbons (Fsp3) is 0.429. The van der Waals surface area contributed by atoms with Gasteiger partial charge in [0.05, 0.1) is 0 Å². The van der Waals surface area contributed by atoms with Crippen LogP contribution in [0.3, 0.4) is 0 Å². The Labute approximate surface area is 103 Å². The summed E-state index contributed by atoms with van der Waals surface area (Å²) in [7, 11) is 0. The van der Waals surface area contributed by atoms with Crippen LogP contribution in [0.5, 0.6) is 0 Å². The number of nitrogens with one attached hydrogen (secondary N) is 1. The average Bonchev–Trinajstić information content (AvgIpc) is 2.28. The minimum Gasteiger partial charge on any atom is -0.305 e. The zero-order valence-electron chi connectivity index (χ0n) is 9.67. The van der Waals surface area contributed by atoms with Gasteiger partial charge >= 0.3 is 0 Å². The second kappa shape index (κ2) is 5.03. The molecular formula is C14H18ClN. The molecule has 16 heavy (non-hydrogen) atoms. The van der Waals surface area contributed by atoms with Crippen LogP contribution in [0.15, 0.2) is 35.9 Å². The molecule has 2 rings (SSSR count). The number of hydrogen-bond donors (Lipinski definition) is 1. The van der Waals surface area contributed by atoms with Gasteiger partial charge in [-0.05, 0) is 29.9 Å². The third-order valence-corrected chi connectivity index (χ3v) is 3.46. The monoisotopic (exact) mass is 235 g/mol. The Balaban J connectivity index is 2.18. The van der Waals surface area contributed by atoms with Gasteiger partial charge < -0.3 is 5.32 Å². The Morgan fingerprint density at radius 2 is 2.06 bits per heavy atom. The second-order valence-corrected chi connectivity index (χ2v) is 5.09. The van der Waals surface area contributed by atoms with Crippen LogP contribution in [-0.4, -0.2) is 6.54 Å². The van der Waals surface area contributed by atoms with Crippen LogP contribution in [0.4, 0.5) is 0 Å². The smallest absolute Gasteiger partial charge is 0.0326 e. The highest BCUT2D eigenvalue weighted by Gasteiger charge is 2.23. The minimum atomic E-state index is 0.433. The van der Waals surface area contributed by atoms with Gasteiger partial charge in [-0.1, -0.05) is 49.4 Å². The molecular weight excluding hydrogens is 218 g/mol. The molecule has 0 aromatic heterocycles. The standard InChI is InChI=1S/C14H18ClN/c1-10-7-8-14(16-9-11(2)15)13-6-4-3-5-12(10)13/h3-6,10,14,16H,2,7-9H2,1H3. The highest BCUT2D eigenvalue weighted by molar-refractivity contribution is 6.29. The van der Waals surface area contributed by atoms with Crippen molar-refractivity contribution in [2.45, 2.75) is 31.7 Å². The van der Waals surface area contributed by atoms with Crippen LogP contribution in [0.1, 0.15) is 42.9 Å². The number of benzene rings is 1. The Kier molecular flexibility index (Phi) is 3.67. The number of rotatable bonds is 3. The molecule has 0 fully saturated rings. The largest absolute Gasteiger partial charge is 0.305 e. The third kappa shape index (κ3) is 2.47. The van der Waals surface area contributed by atoms with Crippen LogP contribution in [0.25, 0.3) is 0 Å². The molecule has 0 radical (unpaired) electrons. The second-order valence-electron chi connectivity index (χ2n) is 4.56. The first-order valence-corrected chi connectivity index (χ1v) is 6.21. The Morgan fingerprint density at radius 3 is 2.75 bits per heavy atom. The fourth-order valence-corrected chi connectivity index (χ4v) is 2.53. The molecule has 1 aliphatic carbocycles. The van der Waals surface area contributed by atoms with Crippen molar-refractivity contribution >= 4 is 11.6 Å². The lowest BCUT2D eigenvalue weighted by atomic mass is 9.81. The molecule has 86 valence electrons. The van der Waals surface area contributed by atoms with Crippen LogP contribution in [0, 0.1) is 0 Å². The predicted molar refractivity (Wildman–Crippen MR) is 69.8 cm³/mol. The van der Waals surface area contributed by atoms with Crippen molar-refractivity contribution in [2.24, 2.45) is 0 Å². The van der Waals surface area contributed by atoms with Crippen molar-refractivity contribution in [1.82, 2.24) is 5.32 Å². The van der Waals surface area contributed by atoms with Crippen LogP contribution < -0.4 is 5.32 Å². The molecule has 2 unspecified atom stereocenters. The summed E-state index contributed by atoms with van der Waals surface area (Å²) in [5, 5.41) is 4.14. The lowest BCUT2D eigenvalue weighted by molar-refractivity contribution is 0.447. The maximum Gasteiger partial charge on any atom is 0.0326 e. The number of fused-ring (bicyclic) bond motifs is 1. The molecule has 1 aliphatic rings. The summed E-state index contributed by atoms with van der Waals surface area (Å²) in [4.78, 5) is 0. The van der Waals surface area contributed by atoms with E-state index in [1.807, 2.05) is 0 Å². The first-order chi connectivity index (χ1) is 7.68. The van der Waals surface area contributed by atoms with Crippen molar-refractivity contribution in [3.05, 3.63) is 47.0 Å². The summed E-state index contributed by atoms with van der Waals surface area (Å²) in [6, 6.07) is 9.13. The third-order valence-electron chi connectivity index (χ3n) is 3.33. The predicted octanol–water partition coefficient (Wildman–Crippen LogP) is 3.97. The van der Waals surface area contributed by atoms with Crippen molar-refractivity contribution in [3.8, 4) is 0 Å². The quantitative estimate of drug-likeness (QED) is 0.836. The van der Waals surface area contributed by atoms with Gasteiger partial charge in [-0.2, -0.15) is 0 Å². The zero-order chi connectivity index (χ0) is 11.5. The summed E-state index contributed by atoms with van der Waals surface area (Å²) in [5.41, 5.74) is 2.91. The highest BCUT2D eigenvalue weighted by Crippen LogP contribution is 2.36. The molecule has 1 aromatic rings. The molecule has 1 N–H and O–H groups in total. The van der Waals surface area contributed by atoms with Gasteiger partial charge in [0.15, 0.2) is 0 Å². The molecule has 0 saturated heterocycles. The van der Waals surface area contributed by atoms with E-state index in [0.717, 1.165) is 0 Å². The lowest BCUT2D eigenvalue weighted by Gasteiger charge is -2.30. The summed E-state index contributed by atoms with van der Waals surface area (Å²) in [5.74, 6) is 0.674. The van der Waals surface area contributed by atoms with E-state index in [2.05, 4.69) is 43.1 Å². The molecule has 0 heterocycles.